The van der Waals surface area contributed by atoms with Crippen molar-refractivity contribution in [2.75, 3.05) is 25.6 Å². The van der Waals surface area contributed by atoms with E-state index in [1.54, 1.807) is 19.2 Å². The number of hydrogen-bond donors (Lipinski definition) is 2. The van der Waals surface area contributed by atoms with E-state index in [1.807, 2.05) is 25.1 Å². The van der Waals surface area contributed by atoms with Crippen molar-refractivity contribution in [3.05, 3.63) is 77.6 Å². The fourth-order valence-electron chi connectivity index (χ4n) is 4.09. The number of carboxylic acid groups (broad SMARTS) is 1. The predicted octanol–water partition coefficient (Wildman–Crippen LogP) is 5.37. The molecule has 0 unspecified atom stereocenters. The summed E-state index contributed by atoms with van der Waals surface area (Å²) in [6, 6.07) is 17.2. The number of ether oxygens (including phenoxy) is 2. The van der Waals surface area contributed by atoms with Crippen LogP contribution in [0, 0.1) is 6.92 Å². The number of aryl methyl sites for hydroxylation is 1. The SMILES string of the molecule is CCOc1cc(-c2cc(NCCc3c(OC)cc4ccccc4c3C)ncn2)ccc1C(=O)O. The van der Waals surface area contributed by atoms with Crippen molar-refractivity contribution >= 4 is 22.6 Å². The highest BCUT2D eigenvalue weighted by atomic mass is 16.5. The van der Waals surface area contributed by atoms with Gasteiger partial charge in [0.2, 0.25) is 0 Å². The standard InChI is InChI=1S/C27H27N3O4/c1-4-34-25-14-19(9-10-22(25)27(31)32)23-15-26(30-16-29-23)28-12-11-21-17(2)20-8-6-5-7-18(20)13-24(21)33-3/h5-10,13-16H,4,11-12H2,1-3H3,(H,31,32)(H,28,29,30). The number of anilines is 1. The van der Waals surface area contributed by atoms with E-state index in [2.05, 4.69) is 40.4 Å². The van der Waals surface area contributed by atoms with E-state index in [1.165, 1.54) is 23.3 Å². The van der Waals surface area contributed by atoms with E-state index in [0.717, 1.165) is 28.7 Å². The van der Waals surface area contributed by atoms with Gasteiger partial charge in [0.1, 0.15) is 29.2 Å². The van der Waals surface area contributed by atoms with Gasteiger partial charge in [-0.2, -0.15) is 0 Å². The third-order valence-electron chi connectivity index (χ3n) is 5.78. The average Bonchev–Trinajstić information content (AvgIpc) is 2.85. The zero-order valence-corrected chi connectivity index (χ0v) is 19.5. The molecule has 0 atom stereocenters. The Balaban J connectivity index is 1.53. The summed E-state index contributed by atoms with van der Waals surface area (Å²) in [5, 5.41) is 15.1. The molecule has 0 saturated heterocycles. The van der Waals surface area contributed by atoms with Gasteiger partial charge >= 0.3 is 5.97 Å². The first-order valence-electron chi connectivity index (χ1n) is 11.1. The van der Waals surface area contributed by atoms with Crippen LogP contribution >= 0.6 is 0 Å². The zero-order valence-electron chi connectivity index (χ0n) is 19.5. The molecule has 2 N–H and O–H groups in total. The van der Waals surface area contributed by atoms with Crippen LogP contribution in [-0.2, 0) is 6.42 Å². The monoisotopic (exact) mass is 457 g/mol. The van der Waals surface area contributed by atoms with Crippen LogP contribution in [0.1, 0.15) is 28.4 Å². The van der Waals surface area contributed by atoms with Gasteiger partial charge in [-0.25, -0.2) is 14.8 Å². The number of carboxylic acids is 1. The lowest BCUT2D eigenvalue weighted by atomic mass is 9.97. The van der Waals surface area contributed by atoms with Gasteiger partial charge in [-0.05, 0) is 60.4 Å². The third-order valence-corrected chi connectivity index (χ3v) is 5.78. The molecule has 34 heavy (non-hydrogen) atoms. The molecule has 7 heteroatoms. The number of benzene rings is 3. The summed E-state index contributed by atoms with van der Waals surface area (Å²) in [5.41, 5.74) is 3.93. The summed E-state index contributed by atoms with van der Waals surface area (Å²) in [4.78, 5) is 20.1. The molecule has 0 radical (unpaired) electrons. The van der Waals surface area contributed by atoms with Gasteiger partial charge in [0.25, 0.3) is 0 Å². The van der Waals surface area contributed by atoms with E-state index < -0.39 is 5.97 Å². The van der Waals surface area contributed by atoms with Crippen molar-refractivity contribution in [1.82, 2.24) is 9.97 Å². The lowest BCUT2D eigenvalue weighted by Crippen LogP contribution is -2.09. The highest BCUT2D eigenvalue weighted by Crippen LogP contribution is 2.31. The van der Waals surface area contributed by atoms with Crippen molar-refractivity contribution in [2.24, 2.45) is 0 Å². The van der Waals surface area contributed by atoms with Crippen LogP contribution in [-0.4, -0.2) is 41.3 Å². The smallest absolute Gasteiger partial charge is 0.339 e. The Morgan fingerprint density at radius 3 is 2.65 bits per heavy atom. The first-order chi connectivity index (χ1) is 16.5. The van der Waals surface area contributed by atoms with Gasteiger partial charge < -0.3 is 19.9 Å². The second-order valence-corrected chi connectivity index (χ2v) is 7.82. The maximum absolute atomic E-state index is 11.5. The average molecular weight is 458 g/mol. The van der Waals surface area contributed by atoms with Gasteiger partial charge in [0, 0.05) is 18.2 Å². The molecule has 174 valence electrons. The number of rotatable bonds is 9. The fraction of sp³-hybridized carbons (Fsp3) is 0.222. The number of nitrogens with zero attached hydrogens (tertiary/aromatic N) is 2. The Kier molecular flexibility index (Phi) is 6.92. The van der Waals surface area contributed by atoms with Crippen molar-refractivity contribution in [1.29, 1.82) is 0 Å². The molecule has 4 rings (SSSR count). The minimum atomic E-state index is -1.03. The summed E-state index contributed by atoms with van der Waals surface area (Å²) < 4.78 is 11.2. The van der Waals surface area contributed by atoms with Crippen LogP contribution < -0.4 is 14.8 Å². The first-order valence-corrected chi connectivity index (χ1v) is 11.1. The number of nitrogens with one attached hydrogen (secondary N) is 1. The Morgan fingerprint density at radius 2 is 1.88 bits per heavy atom. The van der Waals surface area contributed by atoms with Gasteiger partial charge in [-0.3, -0.25) is 0 Å². The quantitative estimate of drug-likeness (QED) is 0.349. The summed E-state index contributed by atoms with van der Waals surface area (Å²) >= 11 is 0. The van der Waals surface area contributed by atoms with Crippen LogP contribution in [0.25, 0.3) is 22.0 Å². The fourth-order valence-corrected chi connectivity index (χ4v) is 4.09. The lowest BCUT2D eigenvalue weighted by molar-refractivity contribution is 0.0692. The molecule has 1 aromatic heterocycles. The molecular formula is C27H27N3O4. The third kappa shape index (κ3) is 4.78. The Bertz CT molecular complexity index is 1340. The molecule has 0 aliphatic rings. The predicted molar refractivity (Wildman–Crippen MR) is 133 cm³/mol. The van der Waals surface area contributed by atoms with Gasteiger partial charge in [-0.15, -0.1) is 0 Å². The van der Waals surface area contributed by atoms with Gasteiger partial charge in [0.15, 0.2) is 0 Å². The van der Waals surface area contributed by atoms with E-state index in [0.29, 0.717) is 30.4 Å². The largest absolute Gasteiger partial charge is 0.496 e. The second kappa shape index (κ2) is 10.2. The number of hydrogen-bond acceptors (Lipinski definition) is 6. The minimum absolute atomic E-state index is 0.123. The molecule has 0 amide bonds. The Labute approximate surface area is 198 Å². The van der Waals surface area contributed by atoms with Crippen LogP contribution in [0.15, 0.2) is 60.9 Å². The van der Waals surface area contributed by atoms with Crippen LogP contribution in [0.4, 0.5) is 5.82 Å². The Hall–Kier alpha value is -4.13. The molecular weight excluding hydrogens is 430 g/mol. The molecule has 0 saturated carbocycles. The molecule has 4 aromatic rings. The van der Waals surface area contributed by atoms with Crippen molar-refractivity contribution in [2.45, 2.75) is 20.3 Å². The van der Waals surface area contributed by atoms with E-state index in [4.69, 9.17) is 9.47 Å². The first kappa shape index (κ1) is 23.0. The number of fused-ring (bicyclic) bond motifs is 1. The maximum Gasteiger partial charge on any atom is 0.339 e. The summed E-state index contributed by atoms with van der Waals surface area (Å²) in [6.07, 6.45) is 2.26. The minimum Gasteiger partial charge on any atom is -0.496 e. The molecule has 0 fully saturated rings. The molecule has 0 aliphatic carbocycles. The van der Waals surface area contributed by atoms with Crippen LogP contribution in [0.5, 0.6) is 11.5 Å². The number of aromatic nitrogens is 2. The number of aromatic carboxylic acids is 1. The summed E-state index contributed by atoms with van der Waals surface area (Å²) in [7, 11) is 1.70. The molecule has 0 spiro atoms. The lowest BCUT2D eigenvalue weighted by Gasteiger charge is -2.15. The molecule has 1 heterocycles. The Morgan fingerprint density at radius 1 is 1.06 bits per heavy atom. The number of carbonyl (C=O) groups is 1. The van der Waals surface area contributed by atoms with E-state index >= 15 is 0 Å². The molecule has 7 nitrogen and oxygen atoms in total. The van der Waals surface area contributed by atoms with Gasteiger partial charge in [0.05, 0.1) is 19.4 Å². The normalized spacial score (nSPS) is 10.8. The van der Waals surface area contributed by atoms with Crippen molar-refractivity contribution in [3.8, 4) is 22.8 Å². The highest BCUT2D eigenvalue weighted by Gasteiger charge is 2.14. The van der Waals surface area contributed by atoms with Crippen molar-refractivity contribution in [3.63, 3.8) is 0 Å². The highest BCUT2D eigenvalue weighted by molar-refractivity contribution is 5.92. The topological polar surface area (TPSA) is 93.6 Å². The van der Waals surface area contributed by atoms with E-state index in [-0.39, 0.29) is 5.56 Å². The number of methoxy groups -OCH3 is 1. The van der Waals surface area contributed by atoms with Crippen molar-refractivity contribution < 1.29 is 19.4 Å². The van der Waals surface area contributed by atoms with E-state index in [9.17, 15) is 9.90 Å². The second-order valence-electron chi connectivity index (χ2n) is 7.82. The molecule has 0 aliphatic heterocycles. The summed E-state index contributed by atoms with van der Waals surface area (Å²) in [5.74, 6) is 0.852. The molecule has 0 bridgehead atoms. The maximum atomic E-state index is 11.5. The van der Waals surface area contributed by atoms with Crippen LogP contribution in [0.2, 0.25) is 0 Å². The summed E-state index contributed by atoms with van der Waals surface area (Å²) in [6.45, 7) is 4.98. The van der Waals surface area contributed by atoms with Crippen LogP contribution in [0.3, 0.4) is 0 Å². The zero-order chi connectivity index (χ0) is 24.1. The molecule has 3 aromatic carbocycles. The van der Waals surface area contributed by atoms with Gasteiger partial charge in [-0.1, -0.05) is 30.3 Å².